The summed E-state index contributed by atoms with van der Waals surface area (Å²) in [4.78, 5) is 13.5. The summed E-state index contributed by atoms with van der Waals surface area (Å²) in [6.07, 6.45) is 8.84. The summed E-state index contributed by atoms with van der Waals surface area (Å²) < 4.78 is 32.9. The van der Waals surface area contributed by atoms with Crippen LogP contribution in [0.2, 0.25) is 0 Å². The van der Waals surface area contributed by atoms with Crippen LogP contribution in [0.5, 0.6) is 5.75 Å². The smallest absolute Gasteiger partial charge is 0.243 e. The first-order valence-corrected chi connectivity index (χ1v) is 12.8. The Bertz CT molecular complexity index is 876. The Labute approximate surface area is 179 Å². The first-order chi connectivity index (χ1) is 14.4. The van der Waals surface area contributed by atoms with Gasteiger partial charge in [0.25, 0.3) is 0 Å². The summed E-state index contributed by atoms with van der Waals surface area (Å²) in [7, 11) is -2.05. The van der Waals surface area contributed by atoms with Gasteiger partial charge in [-0.2, -0.15) is 4.31 Å². The van der Waals surface area contributed by atoms with Crippen molar-refractivity contribution in [2.24, 2.45) is 23.7 Å². The van der Waals surface area contributed by atoms with Crippen LogP contribution in [0.25, 0.3) is 0 Å². The van der Waals surface area contributed by atoms with Crippen molar-refractivity contribution in [3.8, 4) is 5.75 Å². The van der Waals surface area contributed by atoms with E-state index < -0.39 is 10.0 Å². The monoisotopic (exact) mass is 432 g/mol. The van der Waals surface area contributed by atoms with E-state index in [-0.39, 0.29) is 28.8 Å². The first kappa shape index (κ1) is 20.3. The number of piperidine rings is 1. The van der Waals surface area contributed by atoms with Gasteiger partial charge in [-0.05, 0) is 93.4 Å². The standard InChI is InChI=1S/C23H32N2O4S/c1-29-20-4-6-21(7-5-20)30(27,28)25-8-2-3-19(15-25)22(26)24-23-12-16-9-17(13-23)11-18(10-16)14-23/h4-7,16-19H,2-3,8-15H2,1H3,(H,24,26). The van der Waals surface area contributed by atoms with Crippen LogP contribution in [0.15, 0.2) is 29.2 Å². The second-order valence-corrected chi connectivity index (χ2v) is 12.0. The van der Waals surface area contributed by atoms with Crippen molar-refractivity contribution in [2.75, 3.05) is 20.2 Å². The fourth-order valence-corrected chi connectivity index (χ4v) is 8.42. The van der Waals surface area contributed by atoms with Crippen molar-refractivity contribution in [1.29, 1.82) is 0 Å². The molecule has 1 aromatic carbocycles. The van der Waals surface area contributed by atoms with Gasteiger partial charge in [0, 0.05) is 18.6 Å². The molecule has 164 valence electrons. The van der Waals surface area contributed by atoms with Crippen molar-refractivity contribution in [1.82, 2.24) is 9.62 Å². The SMILES string of the molecule is COc1ccc(S(=O)(=O)N2CCCC(C(=O)NC34CC5CC(CC(C5)C3)C4)C2)cc1. The molecule has 1 N–H and O–H groups in total. The van der Waals surface area contributed by atoms with Gasteiger partial charge < -0.3 is 10.1 Å². The number of sulfonamides is 1. The van der Waals surface area contributed by atoms with Crippen molar-refractivity contribution in [3.63, 3.8) is 0 Å². The molecule has 1 saturated heterocycles. The van der Waals surface area contributed by atoms with E-state index in [9.17, 15) is 13.2 Å². The Kier molecular flexibility index (Phi) is 5.09. The number of benzene rings is 1. The van der Waals surface area contributed by atoms with E-state index in [0.29, 0.717) is 18.7 Å². The molecule has 1 atom stereocenters. The number of nitrogens with one attached hydrogen (secondary N) is 1. The summed E-state index contributed by atoms with van der Waals surface area (Å²) in [6.45, 7) is 0.738. The molecule has 1 aromatic rings. The van der Waals surface area contributed by atoms with Gasteiger partial charge in [-0.3, -0.25) is 4.79 Å². The van der Waals surface area contributed by atoms with E-state index in [1.54, 1.807) is 31.4 Å². The van der Waals surface area contributed by atoms with Crippen LogP contribution >= 0.6 is 0 Å². The van der Waals surface area contributed by atoms with E-state index in [1.807, 2.05) is 0 Å². The molecule has 1 heterocycles. The lowest BCUT2D eigenvalue weighted by molar-refractivity contribution is -0.131. The molecule has 5 fully saturated rings. The molecule has 4 bridgehead atoms. The minimum atomic E-state index is -3.61. The average Bonchev–Trinajstić information content (AvgIpc) is 2.72. The summed E-state index contributed by atoms with van der Waals surface area (Å²) in [5.41, 5.74) is -0.0248. The highest BCUT2D eigenvalue weighted by Gasteiger charge is 2.52. The minimum absolute atomic E-state index is 0.0248. The number of methoxy groups -OCH3 is 1. The van der Waals surface area contributed by atoms with Crippen molar-refractivity contribution < 1.29 is 17.9 Å². The molecule has 30 heavy (non-hydrogen) atoms. The summed E-state index contributed by atoms with van der Waals surface area (Å²) >= 11 is 0. The zero-order valence-corrected chi connectivity index (χ0v) is 18.5. The molecular formula is C23H32N2O4S. The number of hydrogen-bond acceptors (Lipinski definition) is 4. The first-order valence-electron chi connectivity index (χ1n) is 11.3. The minimum Gasteiger partial charge on any atom is -0.497 e. The van der Waals surface area contributed by atoms with Crippen LogP contribution in [0.4, 0.5) is 0 Å². The molecule has 1 amide bonds. The number of nitrogens with zero attached hydrogens (tertiary/aromatic N) is 1. The summed E-state index contributed by atoms with van der Waals surface area (Å²) in [5, 5.41) is 3.44. The second kappa shape index (κ2) is 7.52. The quantitative estimate of drug-likeness (QED) is 0.775. The molecule has 1 unspecified atom stereocenters. The van der Waals surface area contributed by atoms with Crippen molar-refractivity contribution in [2.45, 2.75) is 61.8 Å². The fraction of sp³-hybridized carbons (Fsp3) is 0.696. The number of carbonyl (C=O) groups excluding carboxylic acids is 1. The highest BCUT2D eigenvalue weighted by molar-refractivity contribution is 7.89. The molecule has 4 saturated carbocycles. The molecule has 7 heteroatoms. The van der Waals surface area contributed by atoms with Crippen LogP contribution in [0.1, 0.15) is 51.4 Å². The third-order valence-electron chi connectivity index (χ3n) is 7.88. The van der Waals surface area contributed by atoms with Gasteiger partial charge >= 0.3 is 0 Å². The third-order valence-corrected chi connectivity index (χ3v) is 9.76. The molecule has 6 rings (SSSR count). The molecule has 0 radical (unpaired) electrons. The predicted molar refractivity (Wildman–Crippen MR) is 114 cm³/mol. The summed E-state index contributed by atoms with van der Waals surface area (Å²) in [6, 6.07) is 6.47. The van der Waals surface area contributed by atoms with E-state index in [1.165, 1.54) is 23.6 Å². The van der Waals surface area contributed by atoms with E-state index in [2.05, 4.69) is 5.32 Å². The van der Waals surface area contributed by atoms with Crippen LogP contribution < -0.4 is 10.1 Å². The highest BCUT2D eigenvalue weighted by Crippen LogP contribution is 2.55. The Balaban J connectivity index is 1.27. The van der Waals surface area contributed by atoms with E-state index in [0.717, 1.165) is 43.4 Å². The summed E-state index contributed by atoms with van der Waals surface area (Å²) in [5.74, 6) is 2.74. The van der Waals surface area contributed by atoms with Gasteiger partial charge in [0.15, 0.2) is 0 Å². The van der Waals surface area contributed by atoms with Crippen LogP contribution in [0, 0.1) is 23.7 Å². The van der Waals surface area contributed by atoms with Gasteiger partial charge in [-0.1, -0.05) is 0 Å². The van der Waals surface area contributed by atoms with Crippen LogP contribution in [-0.4, -0.2) is 44.4 Å². The van der Waals surface area contributed by atoms with Gasteiger partial charge in [-0.15, -0.1) is 0 Å². The van der Waals surface area contributed by atoms with Crippen LogP contribution in [-0.2, 0) is 14.8 Å². The predicted octanol–water partition coefficient (Wildman–Crippen LogP) is 3.18. The maximum Gasteiger partial charge on any atom is 0.243 e. The lowest BCUT2D eigenvalue weighted by atomic mass is 9.53. The van der Waals surface area contributed by atoms with E-state index >= 15 is 0 Å². The maximum atomic E-state index is 13.2. The Morgan fingerprint density at radius 1 is 1.07 bits per heavy atom. The lowest BCUT2D eigenvalue weighted by Crippen LogP contribution is -2.61. The number of rotatable bonds is 5. The zero-order valence-electron chi connectivity index (χ0n) is 17.7. The van der Waals surface area contributed by atoms with Gasteiger partial charge in [-0.25, -0.2) is 8.42 Å². The Hall–Kier alpha value is -1.60. The average molecular weight is 433 g/mol. The highest BCUT2D eigenvalue weighted by atomic mass is 32.2. The molecular weight excluding hydrogens is 400 g/mol. The van der Waals surface area contributed by atoms with Crippen molar-refractivity contribution >= 4 is 15.9 Å². The van der Waals surface area contributed by atoms with Crippen LogP contribution in [0.3, 0.4) is 0 Å². The van der Waals surface area contributed by atoms with Gasteiger partial charge in [0.2, 0.25) is 15.9 Å². The number of amides is 1. The number of carbonyl (C=O) groups is 1. The molecule has 5 aliphatic rings. The zero-order chi connectivity index (χ0) is 20.9. The molecule has 1 aliphatic heterocycles. The normalized spacial score (nSPS) is 35.9. The Morgan fingerprint density at radius 2 is 1.67 bits per heavy atom. The van der Waals surface area contributed by atoms with Gasteiger partial charge in [0.05, 0.1) is 17.9 Å². The van der Waals surface area contributed by atoms with Gasteiger partial charge in [0.1, 0.15) is 5.75 Å². The van der Waals surface area contributed by atoms with Crippen molar-refractivity contribution in [3.05, 3.63) is 24.3 Å². The fourth-order valence-electron chi connectivity index (χ4n) is 6.90. The maximum absolute atomic E-state index is 13.2. The third kappa shape index (κ3) is 3.64. The topological polar surface area (TPSA) is 75.7 Å². The number of hydrogen-bond donors (Lipinski definition) is 1. The second-order valence-electron chi connectivity index (χ2n) is 10.1. The van der Waals surface area contributed by atoms with E-state index in [4.69, 9.17) is 4.74 Å². The lowest BCUT2D eigenvalue weighted by Gasteiger charge is -2.57. The largest absolute Gasteiger partial charge is 0.497 e. The molecule has 4 aliphatic carbocycles. The molecule has 0 spiro atoms. The Morgan fingerprint density at radius 3 is 2.23 bits per heavy atom. The molecule has 6 nitrogen and oxygen atoms in total. The molecule has 0 aromatic heterocycles. The number of ether oxygens (including phenoxy) is 1.